The monoisotopic (exact) mass is 286 g/mol. The van der Waals surface area contributed by atoms with E-state index in [1.807, 2.05) is 13.0 Å². The minimum atomic E-state index is -0.0295. The first kappa shape index (κ1) is 13.7. The van der Waals surface area contributed by atoms with Crippen molar-refractivity contribution in [3.63, 3.8) is 0 Å². The number of carbonyl (C=O) groups is 1. The van der Waals surface area contributed by atoms with Gasteiger partial charge in [-0.15, -0.1) is 0 Å². The third kappa shape index (κ3) is 3.16. The highest BCUT2D eigenvalue weighted by molar-refractivity contribution is 6.40. The lowest BCUT2D eigenvalue weighted by Crippen LogP contribution is -2.18. The highest BCUT2D eigenvalue weighted by atomic mass is 35.5. The molecule has 1 atom stereocenters. The van der Waals surface area contributed by atoms with Gasteiger partial charge < -0.3 is 10.6 Å². The Morgan fingerprint density at radius 3 is 2.94 bits per heavy atom. The standard InChI is InChI=1S/C13H16Cl2N2O/c1-8-2-3-10(14)13(12(8)15)17-11(18)6-9-4-5-16-7-9/h2-3,9,16H,4-7H2,1H3,(H,17,18). The third-order valence-electron chi connectivity index (χ3n) is 3.19. The molecule has 5 heteroatoms. The summed E-state index contributed by atoms with van der Waals surface area (Å²) in [5, 5.41) is 7.05. The molecule has 98 valence electrons. The summed E-state index contributed by atoms with van der Waals surface area (Å²) in [5.74, 6) is 0.380. The van der Waals surface area contributed by atoms with E-state index in [9.17, 15) is 4.79 Å². The number of benzene rings is 1. The minimum Gasteiger partial charge on any atom is -0.324 e. The molecule has 1 saturated heterocycles. The van der Waals surface area contributed by atoms with Gasteiger partial charge in [-0.2, -0.15) is 0 Å². The van der Waals surface area contributed by atoms with Gasteiger partial charge in [-0.05, 0) is 44.0 Å². The second-order valence-corrected chi connectivity index (χ2v) is 5.45. The molecule has 1 amide bonds. The first-order valence-electron chi connectivity index (χ1n) is 6.03. The summed E-state index contributed by atoms with van der Waals surface area (Å²) in [4.78, 5) is 11.9. The summed E-state index contributed by atoms with van der Waals surface area (Å²) in [6.07, 6.45) is 1.55. The molecule has 1 aromatic carbocycles. The van der Waals surface area contributed by atoms with Crippen molar-refractivity contribution < 1.29 is 4.79 Å². The molecule has 1 fully saturated rings. The summed E-state index contributed by atoms with van der Waals surface area (Å²) >= 11 is 12.2. The Balaban J connectivity index is 2.04. The highest BCUT2D eigenvalue weighted by Gasteiger charge is 2.19. The zero-order chi connectivity index (χ0) is 13.1. The van der Waals surface area contributed by atoms with Crippen LogP contribution < -0.4 is 10.6 Å². The molecule has 2 rings (SSSR count). The van der Waals surface area contributed by atoms with Crippen LogP contribution in [-0.2, 0) is 4.79 Å². The minimum absolute atomic E-state index is 0.0295. The van der Waals surface area contributed by atoms with Gasteiger partial charge in [0.25, 0.3) is 0 Å². The van der Waals surface area contributed by atoms with Crippen LogP contribution in [0.25, 0.3) is 0 Å². The van der Waals surface area contributed by atoms with Crippen LogP contribution in [-0.4, -0.2) is 19.0 Å². The normalized spacial score (nSPS) is 18.9. The van der Waals surface area contributed by atoms with Gasteiger partial charge in [0, 0.05) is 6.42 Å². The summed E-state index contributed by atoms with van der Waals surface area (Å²) in [5.41, 5.74) is 1.42. The molecule has 1 aromatic rings. The maximum atomic E-state index is 11.9. The number of anilines is 1. The topological polar surface area (TPSA) is 41.1 Å². The van der Waals surface area contributed by atoms with Crippen molar-refractivity contribution in [2.45, 2.75) is 19.8 Å². The quantitative estimate of drug-likeness (QED) is 0.896. The number of carbonyl (C=O) groups excluding carboxylic acids is 1. The van der Waals surface area contributed by atoms with E-state index in [1.54, 1.807) is 6.07 Å². The van der Waals surface area contributed by atoms with Crippen molar-refractivity contribution in [1.82, 2.24) is 5.32 Å². The second kappa shape index (κ2) is 5.91. The molecule has 3 nitrogen and oxygen atoms in total. The maximum absolute atomic E-state index is 11.9. The molecule has 18 heavy (non-hydrogen) atoms. The molecule has 1 unspecified atom stereocenters. The molecule has 0 aliphatic carbocycles. The predicted octanol–water partition coefficient (Wildman–Crippen LogP) is 3.24. The van der Waals surface area contributed by atoms with E-state index in [4.69, 9.17) is 23.2 Å². The average molecular weight is 287 g/mol. The number of aryl methyl sites for hydroxylation is 1. The van der Waals surface area contributed by atoms with Gasteiger partial charge in [0.1, 0.15) is 0 Å². The largest absolute Gasteiger partial charge is 0.324 e. The van der Waals surface area contributed by atoms with Crippen LogP contribution in [0.15, 0.2) is 12.1 Å². The van der Waals surface area contributed by atoms with Crippen molar-refractivity contribution in [3.8, 4) is 0 Å². The Morgan fingerprint density at radius 2 is 2.28 bits per heavy atom. The van der Waals surface area contributed by atoms with Crippen molar-refractivity contribution in [1.29, 1.82) is 0 Å². The Kier molecular flexibility index (Phi) is 4.49. The van der Waals surface area contributed by atoms with E-state index in [0.717, 1.165) is 25.1 Å². The first-order chi connectivity index (χ1) is 8.58. The van der Waals surface area contributed by atoms with Crippen molar-refractivity contribution in [2.24, 2.45) is 5.92 Å². The van der Waals surface area contributed by atoms with Gasteiger partial charge in [-0.3, -0.25) is 4.79 Å². The van der Waals surface area contributed by atoms with Gasteiger partial charge >= 0.3 is 0 Å². The summed E-state index contributed by atoms with van der Waals surface area (Å²) < 4.78 is 0. The third-order valence-corrected chi connectivity index (χ3v) is 3.99. The van der Waals surface area contributed by atoms with E-state index in [2.05, 4.69) is 10.6 Å². The van der Waals surface area contributed by atoms with Gasteiger partial charge in [0.15, 0.2) is 0 Å². The molecular formula is C13H16Cl2N2O. The highest BCUT2D eigenvalue weighted by Crippen LogP contribution is 2.33. The Hall–Kier alpha value is -0.770. The van der Waals surface area contributed by atoms with Crippen LogP contribution >= 0.6 is 23.2 Å². The Morgan fingerprint density at radius 1 is 1.50 bits per heavy atom. The summed E-state index contributed by atoms with van der Waals surface area (Å²) in [6, 6.07) is 3.58. The fraction of sp³-hybridized carbons (Fsp3) is 0.462. The van der Waals surface area contributed by atoms with E-state index in [1.165, 1.54) is 0 Å². The van der Waals surface area contributed by atoms with E-state index < -0.39 is 0 Å². The van der Waals surface area contributed by atoms with E-state index in [-0.39, 0.29) is 5.91 Å². The number of nitrogens with one attached hydrogen (secondary N) is 2. The Bertz CT molecular complexity index is 457. The zero-order valence-corrected chi connectivity index (χ0v) is 11.7. The van der Waals surface area contributed by atoms with Crippen molar-refractivity contribution >= 4 is 34.8 Å². The molecule has 1 aliphatic rings. The van der Waals surface area contributed by atoms with Crippen LogP contribution in [0, 0.1) is 12.8 Å². The van der Waals surface area contributed by atoms with Crippen LogP contribution in [0.2, 0.25) is 10.0 Å². The molecule has 0 saturated carbocycles. The van der Waals surface area contributed by atoms with Crippen molar-refractivity contribution in [2.75, 3.05) is 18.4 Å². The van der Waals surface area contributed by atoms with E-state index >= 15 is 0 Å². The van der Waals surface area contributed by atoms with Crippen molar-refractivity contribution in [3.05, 3.63) is 27.7 Å². The first-order valence-corrected chi connectivity index (χ1v) is 6.78. The number of rotatable bonds is 3. The lowest BCUT2D eigenvalue weighted by molar-refractivity contribution is -0.116. The molecule has 0 bridgehead atoms. The van der Waals surface area contributed by atoms with Crippen LogP contribution in [0.5, 0.6) is 0 Å². The lowest BCUT2D eigenvalue weighted by atomic mass is 10.0. The number of hydrogen-bond acceptors (Lipinski definition) is 2. The summed E-state index contributed by atoms with van der Waals surface area (Å²) in [7, 11) is 0. The van der Waals surface area contributed by atoms with Gasteiger partial charge in [-0.25, -0.2) is 0 Å². The van der Waals surface area contributed by atoms with Crippen LogP contribution in [0.4, 0.5) is 5.69 Å². The molecule has 0 radical (unpaired) electrons. The average Bonchev–Trinajstić information content (AvgIpc) is 2.82. The molecule has 1 aliphatic heterocycles. The van der Waals surface area contributed by atoms with Gasteiger partial charge in [-0.1, -0.05) is 29.3 Å². The van der Waals surface area contributed by atoms with E-state index in [0.29, 0.717) is 28.1 Å². The lowest BCUT2D eigenvalue weighted by Gasteiger charge is -2.13. The molecule has 0 aromatic heterocycles. The molecule has 1 heterocycles. The summed E-state index contributed by atoms with van der Waals surface area (Å²) in [6.45, 7) is 3.78. The number of hydrogen-bond donors (Lipinski definition) is 2. The fourth-order valence-corrected chi connectivity index (χ4v) is 2.58. The van der Waals surface area contributed by atoms with Gasteiger partial charge in [0.2, 0.25) is 5.91 Å². The number of amides is 1. The second-order valence-electron chi connectivity index (χ2n) is 4.66. The molecule has 2 N–H and O–H groups in total. The smallest absolute Gasteiger partial charge is 0.224 e. The molecular weight excluding hydrogens is 271 g/mol. The molecule has 0 spiro atoms. The van der Waals surface area contributed by atoms with Gasteiger partial charge in [0.05, 0.1) is 15.7 Å². The predicted molar refractivity (Wildman–Crippen MR) is 75.4 cm³/mol. The SMILES string of the molecule is Cc1ccc(Cl)c(NC(=O)CC2CCNC2)c1Cl. The van der Waals surface area contributed by atoms with Crippen LogP contribution in [0.1, 0.15) is 18.4 Å². The Labute approximate surface area is 117 Å². The fourth-order valence-electron chi connectivity index (χ4n) is 2.11. The maximum Gasteiger partial charge on any atom is 0.224 e. The number of halogens is 2. The zero-order valence-electron chi connectivity index (χ0n) is 10.2. The van der Waals surface area contributed by atoms with Crippen LogP contribution in [0.3, 0.4) is 0 Å².